The highest BCUT2D eigenvalue weighted by Crippen LogP contribution is 2.65. The molecule has 0 aromatic heterocycles. The second-order valence-corrected chi connectivity index (χ2v) is 20.5. The summed E-state index contributed by atoms with van der Waals surface area (Å²) < 4.78 is 24.9. The highest BCUT2D eigenvalue weighted by molar-refractivity contribution is 7.84. The van der Waals surface area contributed by atoms with Gasteiger partial charge in [-0.1, -0.05) is 111 Å². The lowest BCUT2D eigenvalue weighted by atomic mass is 9.47. The number of ether oxygens (including phenoxy) is 1. The molecule has 0 spiro atoms. The van der Waals surface area contributed by atoms with Crippen LogP contribution in [0.15, 0.2) is 97.1 Å². The van der Waals surface area contributed by atoms with Gasteiger partial charge in [0, 0.05) is 27.4 Å². The third-order valence-electron chi connectivity index (χ3n) is 11.7. The lowest BCUT2D eigenvalue weighted by molar-refractivity contribution is -0.0709. The average molecular weight is 662 g/mol. The van der Waals surface area contributed by atoms with Crippen molar-refractivity contribution in [1.29, 1.82) is 0 Å². The van der Waals surface area contributed by atoms with E-state index >= 15 is 0 Å². The molecule has 4 aromatic rings. The zero-order valence-corrected chi connectivity index (χ0v) is 30.2. The summed E-state index contributed by atoms with van der Waals surface area (Å²) in [4.78, 5) is 0. The SMILES string of the molecule is CC1(C)c2cccc(C(N[S@](=O)C(C)(C)C)C34CC5CC(CC(C5)C3)C4)c2Oc2c(P(c3ccccc3)c3ccccc3)cccc21. The van der Waals surface area contributed by atoms with Crippen molar-refractivity contribution in [2.24, 2.45) is 23.2 Å². The van der Waals surface area contributed by atoms with Crippen LogP contribution in [0.3, 0.4) is 0 Å². The highest BCUT2D eigenvalue weighted by atomic mass is 32.2. The summed E-state index contributed by atoms with van der Waals surface area (Å²) in [5.74, 6) is 4.35. The van der Waals surface area contributed by atoms with Gasteiger partial charge in [0.15, 0.2) is 0 Å². The molecular weight excluding hydrogens is 614 g/mol. The van der Waals surface area contributed by atoms with E-state index in [1.165, 1.54) is 71.1 Å². The fourth-order valence-corrected chi connectivity index (χ4v) is 13.2. The van der Waals surface area contributed by atoms with Crippen LogP contribution in [0.25, 0.3) is 0 Å². The predicted octanol–water partition coefficient (Wildman–Crippen LogP) is 9.19. The van der Waals surface area contributed by atoms with Crippen molar-refractivity contribution in [2.45, 2.75) is 89.3 Å². The average Bonchev–Trinajstić information content (AvgIpc) is 3.04. The molecule has 4 saturated carbocycles. The predicted molar refractivity (Wildman–Crippen MR) is 198 cm³/mol. The molecular formula is C42H48NO2PS. The number of hydrogen-bond donors (Lipinski definition) is 1. The molecule has 0 saturated heterocycles. The van der Waals surface area contributed by atoms with Crippen molar-refractivity contribution >= 4 is 34.8 Å². The van der Waals surface area contributed by atoms with Crippen LogP contribution in [0, 0.1) is 23.2 Å². The van der Waals surface area contributed by atoms with Gasteiger partial charge in [-0.05, 0) is 101 Å². The first-order chi connectivity index (χ1) is 22.5. The Labute approximate surface area is 285 Å². The summed E-state index contributed by atoms with van der Waals surface area (Å²) in [6.45, 7) is 11.0. The summed E-state index contributed by atoms with van der Waals surface area (Å²) in [6, 6.07) is 35.4. The number of fused-ring (bicyclic) bond motifs is 2. The summed E-state index contributed by atoms with van der Waals surface area (Å²) >= 11 is 0. The van der Waals surface area contributed by atoms with E-state index in [9.17, 15) is 4.21 Å². The molecule has 1 N–H and O–H groups in total. The number of nitrogens with one attached hydrogen (secondary N) is 1. The van der Waals surface area contributed by atoms with Crippen LogP contribution in [0.5, 0.6) is 11.5 Å². The van der Waals surface area contributed by atoms with Gasteiger partial charge in [0.05, 0.1) is 21.8 Å². The Kier molecular flexibility index (Phi) is 7.82. The van der Waals surface area contributed by atoms with Crippen molar-refractivity contribution in [3.8, 4) is 11.5 Å². The van der Waals surface area contributed by atoms with E-state index in [0.717, 1.165) is 29.3 Å². The fraction of sp³-hybridized carbons (Fsp3) is 0.429. The van der Waals surface area contributed by atoms with Crippen LogP contribution < -0.4 is 25.4 Å². The number of para-hydroxylation sites is 2. The van der Waals surface area contributed by atoms with Crippen LogP contribution >= 0.6 is 7.92 Å². The molecule has 4 aliphatic carbocycles. The van der Waals surface area contributed by atoms with Gasteiger partial charge in [-0.15, -0.1) is 0 Å². The van der Waals surface area contributed by atoms with E-state index < -0.39 is 18.9 Å². The minimum atomic E-state index is -1.21. The standard InChI is InChI=1S/C42H48NO2PS/c1-40(2,3)47(44)43-39(42-25-28-22-29(26-42)24-30(23-28)27-42)33-18-12-19-34-37(33)45-38-35(41(34,4)5)20-13-21-36(38)46(31-14-8-6-9-15-31)32-16-10-7-11-17-32/h6-21,28-30,39,43H,22-27H2,1-5H3/t28?,29?,30?,39?,42?,47-/m1/s1. The Hall–Kier alpha value is -2.78. The Balaban J connectivity index is 1.30. The molecule has 1 heterocycles. The second-order valence-electron chi connectivity index (χ2n) is 16.3. The fourth-order valence-electron chi connectivity index (χ4n) is 9.85. The van der Waals surface area contributed by atoms with E-state index in [1.54, 1.807) is 0 Å². The normalized spacial score (nSPS) is 26.7. The van der Waals surface area contributed by atoms with Gasteiger partial charge >= 0.3 is 0 Å². The van der Waals surface area contributed by atoms with Crippen molar-refractivity contribution in [3.63, 3.8) is 0 Å². The van der Waals surface area contributed by atoms with Gasteiger partial charge in [-0.3, -0.25) is 0 Å². The molecule has 1 aliphatic heterocycles. The molecule has 0 radical (unpaired) electrons. The van der Waals surface area contributed by atoms with Crippen LogP contribution in [-0.2, 0) is 16.4 Å². The molecule has 9 rings (SSSR count). The summed E-state index contributed by atoms with van der Waals surface area (Å²) in [7, 11) is -2.07. The first-order valence-electron chi connectivity index (χ1n) is 17.6. The van der Waals surface area contributed by atoms with E-state index in [4.69, 9.17) is 4.74 Å². The van der Waals surface area contributed by atoms with Crippen LogP contribution in [0.2, 0.25) is 0 Å². The van der Waals surface area contributed by atoms with Gasteiger partial charge in [0.1, 0.15) is 11.5 Å². The Morgan fingerprint density at radius 1 is 0.723 bits per heavy atom. The minimum absolute atomic E-state index is 0.0276. The molecule has 5 heteroatoms. The van der Waals surface area contributed by atoms with Gasteiger partial charge in [0.2, 0.25) is 0 Å². The van der Waals surface area contributed by atoms with Crippen molar-refractivity contribution in [2.75, 3.05) is 0 Å². The Bertz CT molecular complexity index is 1740. The summed E-state index contributed by atoms with van der Waals surface area (Å²) in [5.41, 5.74) is 3.48. The minimum Gasteiger partial charge on any atom is -0.456 e. The number of hydrogen-bond acceptors (Lipinski definition) is 2. The first-order valence-corrected chi connectivity index (χ1v) is 20.1. The molecule has 0 amide bonds. The maximum Gasteiger partial charge on any atom is 0.139 e. The van der Waals surface area contributed by atoms with Crippen LogP contribution in [0.1, 0.15) is 95.9 Å². The van der Waals surface area contributed by atoms with Gasteiger partial charge in [0.25, 0.3) is 0 Å². The lowest BCUT2D eigenvalue weighted by Gasteiger charge is -2.59. The van der Waals surface area contributed by atoms with Gasteiger partial charge in [-0.2, -0.15) is 0 Å². The molecule has 3 nitrogen and oxygen atoms in total. The Morgan fingerprint density at radius 2 is 1.23 bits per heavy atom. The largest absolute Gasteiger partial charge is 0.456 e. The zero-order valence-electron chi connectivity index (χ0n) is 28.5. The third-order valence-corrected chi connectivity index (χ3v) is 15.7. The zero-order chi connectivity index (χ0) is 32.6. The maximum absolute atomic E-state index is 14.1. The Morgan fingerprint density at radius 3 is 1.77 bits per heavy atom. The number of benzene rings is 4. The van der Waals surface area contributed by atoms with Crippen molar-refractivity contribution in [3.05, 3.63) is 114 Å². The molecule has 1 unspecified atom stereocenters. The number of rotatable bonds is 7. The summed E-state index contributed by atoms with van der Waals surface area (Å²) in [5, 5.41) is 3.88. The van der Waals surface area contributed by atoms with E-state index in [2.05, 4.69) is 136 Å². The molecule has 47 heavy (non-hydrogen) atoms. The van der Waals surface area contributed by atoms with Crippen LogP contribution in [0.4, 0.5) is 0 Å². The topological polar surface area (TPSA) is 38.3 Å². The van der Waals surface area contributed by atoms with Crippen molar-refractivity contribution in [1.82, 2.24) is 4.72 Å². The van der Waals surface area contributed by atoms with E-state index in [0.29, 0.717) is 0 Å². The highest BCUT2D eigenvalue weighted by Gasteiger charge is 2.56. The maximum atomic E-state index is 14.1. The van der Waals surface area contributed by atoms with Gasteiger partial charge in [-0.25, -0.2) is 8.93 Å². The molecule has 2 atom stereocenters. The van der Waals surface area contributed by atoms with E-state index in [-0.39, 0.29) is 21.6 Å². The van der Waals surface area contributed by atoms with Crippen molar-refractivity contribution < 1.29 is 8.95 Å². The molecule has 4 aromatic carbocycles. The van der Waals surface area contributed by atoms with E-state index in [1.807, 2.05) is 0 Å². The summed E-state index contributed by atoms with van der Waals surface area (Å²) in [6.07, 6.45) is 7.80. The smallest absolute Gasteiger partial charge is 0.139 e. The lowest BCUT2D eigenvalue weighted by Crippen LogP contribution is -2.53. The molecule has 5 aliphatic rings. The van der Waals surface area contributed by atoms with Gasteiger partial charge < -0.3 is 4.74 Å². The second kappa shape index (κ2) is 11.7. The molecule has 4 fully saturated rings. The quantitative estimate of drug-likeness (QED) is 0.201. The third kappa shape index (κ3) is 5.44. The molecule has 4 bridgehead atoms. The van der Waals surface area contributed by atoms with Crippen LogP contribution in [-0.4, -0.2) is 8.96 Å². The first kappa shape index (κ1) is 31.5. The monoisotopic (exact) mass is 661 g/mol. The molecule has 244 valence electrons.